The highest BCUT2D eigenvalue weighted by atomic mass is 16.5. The maximum absolute atomic E-state index is 12.8. The number of nitrogens with zero attached hydrogens (tertiary/aromatic N) is 4. The van der Waals surface area contributed by atoms with E-state index in [9.17, 15) is 4.79 Å². The number of benzene rings is 1. The van der Waals surface area contributed by atoms with Crippen LogP contribution in [0.4, 0.5) is 0 Å². The summed E-state index contributed by atoms with van der Waals surface area (Å²) in [7, 11) is 0. The van der Waals surface area contributed by atoms with E-state index in [2.05, 4.69) is 21.5 Å². The SMILES string of the molecule is Cc1cnc(-c2ccncc2)n1C1CCN(C(=O)C(C)Oc2ccccc2)CC1. The number of aromatic nitrogens is 3. The van der Waals surface area contributed by atoms with Crippen LogP contribution in [0.5, 0.6) is 5.75 Å². The highest BCUT2D eigenvalue weighted by Gasteiger charge is 2.29. The normalized spacial score (nSPS) is 15.9. The van der Waals surface area contributed by atoms with Gasteiger partial charge in [0.05, 0.1) is 0 Å². The second-order valence-corrected chi connectivity index (χ2v) is 7.46. The minimum atomic E-state index is -0.490. The fourth-order valence-electron chi connectivity index (χ4n) is 3.98. The summed E-state index contributed by atoms with van der Waals surface area (Å²) in [6.07, 6.45) is 6.82. The van der Waals surface area contributed by atoms with Crippen LogP contribution >= 0.6 is 0 Å². The lowest BCUT2D eigenvalue weighted by atomic mass is 10.0. The highest BCUT2D eigenvalue weighted by molar-refractivity contribution is 5.81. The lowest BCUT2D eigenvalue weighted by molar-refractivity contribution is -0.139. The van der Waals surface area contributed by atoms with Crippen LogP contribution in [0.2, 0.25) is 0 Å². The Labute approximate surface area is 171 Å². The van der Waals surface area contributed by atoms with E-state index >= 15 is 0 Å². The van der Waals surface area contributed by atoms with Crippen LogP contribution in [0.15, 0.2) is 61.1 Å². The molecule has 6 heteroatoms. The number of rotatable bonds is 5. The standard InChI is InChI=1S/C23H26N4O2/c1-17-16-25-22(19-8-12-24-13-9-19)27(17)20-10-14-26(15-11-20)23(28)18(2)29-21-6-4-3-5-7-21/h3-9,12-13,16,18,20H,10-11,14-15H2,1-2H3. The zero-order chi connectivity index (χ0) is 20.2. The third-order valence-corrected chi connectivity index (χ3v) is 5.47. The van der Waals surface area contributed by atoms with Gasteiger partial charge in [-0.05, 0) is 51.0 Å². The number of pyridine rings is 1. The number of piperidine rings is 1. The molecule has 1 amide bonds. The summed E-state index contributed by atoms with van der Waals surface area (Å²) in [5, 5.41) is 0. The Morgan fingerprint density at radius 2 is 1.79 bits per heavy atom. The lowest BCUT2D eigenvalue weighted by Gasteiger charge is -2.35. The molecule has 0 aliphatic carbocycles. The molecule has 0 N–H and O–H groups in total. The molecule has 4 rings (SSSR count). The van der Waals surface area contributed by atoms with Gasteiger partial charge in [0.15, 0.2) is 6.10 Å². The Kier molecular flexibility index (Phi) is 5.60. The molecule has 1 aromatic carbocycles. The number of likely N-dealkylation sites (tertiary alicyclic amines) is 1. The third-order valence-electron chi connectivity index (χ3n) is 5.47. The molecule has 1 aliphatic rings. The van der Waals surface area contributed by atoms with E-state index in [1.165, 1.54) is 0 Å². The Balaban J connectivity index is 1.41. The zero-order valence-corrected chi connectivity index (χ0v) is 16.9. The molecule has 6 nitrogen and oxygen atoms in total. The molecule has 0 spiro atoms. The zero-order valence-electron chi connectivity index (χ0n) is 16.9. The minimum Gasteiger partial charge on any atom is -0.481 e. The predicted molar refractivity (Wildman–Crippen MR) is 112 cm³/mol. The van der Waals surface area contributed by atoms with Gasteiger partial charge in [0.2, 0.25) is 0 Å². The molecule has 1 fully saturated rings. The number of amides is 1. The first-order chi connectivity index (χ1) is 14.1. The Morgan fingerprint density at radius 3 is 2.48 bits per heavy atom. The van der Waals surface area contributed by atoms with Crippen molar-refractivity contribution in [3.05, 3.63) is 66.7 Å². The average molecular weight is 390 g/mol. The van der Waals surface area contributed by atoms with Crippen molar-refractivity contribution in [3.63, 3.8) is 0 Å². The Bertz CT molecular complexity index is 948. The van der Waals surface area contributed by atoms with E-state index < -0.39 is 6.10 Å². The highest BCUT2D eigenvalue weighted by Crippen LogP contribution is 2.30. The molecule has 1 atom stereocenters. The number of aryl methyl sites for hydroxylation is 1. The molecule has 2 aromatic heterocycles. The lowest BCUT2D eigenvalue weighted by Crippen LogP contribution is -2.45. The van der Waals surface area contributed by atoms with Gasteiger partial charge in [0.25, 0.3) is 5.91 Å². The van der Waals surface area contributed by atoms with Crippen molar-refractivity contribution in [2.24, 2.45) is 0 Å². The molecular formula is C23H26N4O2. The number of carbonyl (C=O) groups excluding carboxylic acids is 1. The van der Waals surface area contributed by atoms with E-state index in [0.717, 1.165) is 48.8 Å². The fourth-order valence-corrected chi connectivity index (χ4v) is 3.98. The topological polar surface area (TPSA) is 60.2 Å². The summed E-state index contributed by atoms with van der Waals surface area (Å²) in [6, 6.07) is 13.8. The first kappa shape index (κ1) is 19.2. The monoisotopic (exact) mass is 390 g/mol. The molecular weight excluding hydrogens is 364 g/mol. The van der Waals surface area contributed by atoms with Crippen LogP contribution in [0, 0.1) is 6.92 Å². The van der Waals surface area contributed by atoms with Gasteiger partial charge in [-0.3, -0.25) is 9.78 Å². The van der Waals surface area contributed by atoms with E-state index in [-0.39, 0.29) is 5.91 Å². The quantitative estimate of drug-likeness (QED) is 0.663. The van der Waals surface area contributed by atoms with Crippen molar-refractivity contribution < 1.29 is 9.53 Å². The predicted octanol–water partition coefficient (Wildman–Crippen LogP) is 3.88. The van der Waals surface area contributed by atoms with Gasteiger partial charge in [-0.15, -0.1) is 0 Å². The van der Waals surface area contributed by atoms with Gasteiger partial charge >= 0.3 is 0 Å². The molecule has 29 heavy (non-hydrogen) atoms. The molecule has 150 valence electrons. The third kappa shape index (κ3) is 4.16. The Morgan fingerprint density at radius 1 is 1.10 bits per heavy atom. The summed E-state index contributed by atoms with van der Waals surface area (Å²) < 4.78 is 8.12. The van der Waals surface area contributed by atoms with Crippen molar-refractivity contribution in [2.45, 2.75) is 38.8 Å². The maximum Gasteiger partial charge on any atom is 0.263 e. The minimum absolute atomic E-state index is 0.0454. The van der Waals surface area contributed by atoms with Gasteiger partial charge in [-0.25, -0.2) is 4.98 Å². The van der Waals surface area contributed by atoms with Gasteiger partial charge in [0.1, 0.15) is 11.6 Å². The second kappa shape index (κ2) is 8.47. The van der Waals surface area contributed by atoms with Crippen LogP contribution in [-0.4, -0.2) is 44.5 Å². The van der Waals surface area contributed by atoms with Gasteiger partial charge in [-0.1, -0.05) is 18.2 Å². The van der Waals surface area contributed by atoms with Crippen LogP contribution < -0.4 is 4.74 Å². The van der Waals surface area contributed by atoms with Gasteiger partial charge < -0.3 is 14.2 Å². The number of hydrogen-bond acceptors (Lipinski definition) is 4. The molecule has 3 aromatic rings. The van der Waals surface area contributed by atoms with Crippen molar-refractivity contribution in [3.8, 4) is 17.1 Å². The summed E-state index contributed by atoms with van der Waals surface area (Å²) in [6.45, 7) is 5.35. The molecule has 0 bridgehead atoms. The molecule has 1 saturated heterocycles. The largest absolute Gasteiger partial charge is 0.481 e. The Hall–Kier alpha value is -3.15. The second-order valence-electron chi connectivity index (χ2n) is 7.46. The molecule has 0 radical (unpaired) electrons. The molecule has 0 saturated carbocycles. The molecule has 1 aliphatic heterocycles. The van der Waals surface area contributed by atoms with E-state index in [1.54, 1.807) is 12.4 Å². The maximum atomic E-state index is 12.8. The molecule has 3 heterocycles. The number of hydrogen-bond donors (Lipinski definition) is 0. The first-order valence-electron chi connectivity index (χ1n) is 10.1. The average Bonchev–Trinajstić information content (AvgIpc) is 3.16. The number of para-hydroxylation sites is 1. The summed E-state index contributed by atoms with van der Waals surface area (Å²) in [5.41, 5.74) is 2.21. The van der Waals surface area contributed by atoms with Crippen molar-refractivity contribution in [1.29, 1.82) is 0 Å². The van der Waals surface area contributed by atoms with Crippen molar-refractivity contribution >= 4 is 5.91 Å². The number of ether oxygens (including phenoxy) is 1. The van der Waals surface area contributed by atoms with E-state index in [1.807, 2.05) is 60.5 Å². The fraction of sp³-hybridized carbons (Fsp3) is 0.348. The number of imidazole rings is 1. The summed E-state index contributed by atoms with van der Waals surface area (Å²) in [5.74, 6) is 1.73. The van der Waals surface area contributed by atoms with Crippen molar-refractivity contribution in [2.75, 3.05) is 13.1 Å². The van der Waals surface area contributed by atoms with Crippen LogP contribution in [0.25, 0.3) is 11.4 Å². The summed E-state index contributed by atoms with van der Waals surface area (Å²) >= 11 is 0. The van der Waals surface area contributed by atoms with Crippen LogP contribution in [0.3, 0.4) is 0 Å². The van der Waals surface area contributed by atoms with Gasteiger partial charge in [-0.2, -0.15) is 0 Å². The van der Waals surface area contributed by atoms with Gasteiger partial charge in [0, 0.05) is 49.0 Å². The number of carbonyl (C=O) groups is 1. The van der Waals surface area contributed by atoms with E-state index in [4.69, 9.17) is 4.74 Å². The van der Waals surface area contributed by atoms with E-state index in [0.29, 0.717) is 6.04 Å². The molecule has 1 unspecified atom stereocenters. The first-order valence-corrected chi connectivity index (χ1v) is 10.1. The smallest absolute Gasteiger partial charge is 0.263 e. The summed E-state index contributed by atoms with van der Waals surface area (Å²) in [4.78, 5) is 23.5. The van der Waals surface area contributed by atoms with Crippen LogP contribution in [-0.2, 0) is 4.79 Å². The van der Waals surface area contributed by atoms with Crippen LogP contribution in [0.1, 0.15) is 31.5 Å². The van der Waals surface area contributed by atoms with Crippen molar-refractivity contribution in [1.82, 2.24) is 19.4 Å².